The zero-order valence-electron chi connectivity index (χ0n) is 9.43. The van der Waals surface area contributed by atoms with Crippen LogP contribution in [0.4, 0.5) is 0 Å². The number of carbonyl (C=O) groups excluding carboxylic acids is 1. The monoisotopic (exact) mass is 224 g/mol. The van der Waals surface area contributed by atoms with Crippen LogP contribution in [0, 0.1) is 0 Å². The van der Waals surface area contributed by atoms with Crippen LogP contribution in [0.25, 0.3) is 0 Å². The molecule has 2 atom stereocenters. The lowest BCUT2D eigenvalue weighted by atomic mass is 9.91. The van der Waals surface area contributed by atoms with Gasteiger partial charge in [0.25, 0.3) is 0 Å². The fourth-order valence-corrected chi connectivity index (χ4v) is 1.82. The highest BCUT2D eigenvalue weighted by atomic mass is 16.4. The Morgan fingerprint density at radius 1 is 1.62 bits per heavy atom. The molecule has 0 aliphatic carbocycles. The summed E-state index contributed by atoms with van der Waals surface area (Å²) in [6.45, 7) is 6.89. The SMILES string of the molecule is C=CCC1C(N)C(=O)N1C(C(=O)O)=C(C)C. The van der Waals surface area contributed by atoms with Gasteiger partial charge in [0.05, 0.1) is 6.04 Å². The van der Waals surface area contributed by atoms with Crippen LogP contribution in [0.5, 0.6) is 0 Å². The van der Waals surface area contributed by atoms with E-state index in [9.17, 15) is 9.59 Å². The molecule has 0 aromatic rings. The molecule has 1 heterocycles. The van der Waals surface area contributed by atoms with Gasteiger partial charge in [0.2, 0.25) is 5.91 Å². The summed E-state index contributed by atoms with van der Waals surface area (Å²) in [6.07, 6.45) is 2.13. The predicted octanol–water partition coefficient (Wildman–Crippen LogP) is 0.479. The summed E-state index contributed by atoms with van der Waals surface area (Å²) in [5.41, 5.74) is 6.24. The number of nitrogens with zero attached hydrogens (tertiary/aromatic N) is 1. The first-order chi connectivity index (χ1) is 7.41. The number of carboxylic acid groups (broad SMARTS) is 1. The molecule has 0 spiro atoms. The van der Waals surface area contributed by atoms with Crippen LogP contribution in [-0.4, -0.2) is 34.0 Å². The van der Waals surface area contributed by atoms with E-state index in [4.69, 9.17) is 10.8 Å². The highest BCUT2D eigenvalue weighted by molar-refractivity contribution is 5.99. The van der Waals surface area contributed by atoms with Crippen molar-refractivity contribution < 1.29 is 14.7 Å². The van der Waals surface area contributed by atoms with Gasteiger partial charge in [-0.15, -0.1) is 6.58 Å². The molecule has 2 unspecified atom stereocenters. The number of amides is 1. The van der Waals surface area contributed by atoms with Crippen molar-refractivity contribution in [1.82, 2.24) is 4.90 Å². The molecule has 0 aromatic heterocycles. The number of hydrogen-bond acceptors (Lipinski definition) is 3. The Kier molecular flexibility index (Phi) is 3.49. The molecule has 0 aromatic carbocycles. The summed E-state index contributed by atoms with van der Waals surface area (Å²) in [5, 5.41) is 9.05. The van der Waals surface area contributed by atoms with E-state index in [1.807, 2.05) is 0 Å². The first-order valence-electron chi connectivity index (χ1n) is 5.02. The number of nitrogens with two attached hydrogens (primary N) is 1. The molecule has 1 amide bonds. The average molecular weight is 224 g/mol. The number of likely N-dealkylation sites (tertiary alicyclic amines) is 1. The molecular formula is C11H16N2O3. The summed E-state index contributed by atoms with van der Waals surface area (Å²) < 4.78 is 0. The molecule has 5 heteroatoms. The molecule has 3 N–H and O–H groups in total. The van der Waals surface area contributed by atoms with Gasteiger partial charge >= 0.3 is 5.97 Å². The second-order valence-corrected chi connectivity index (χ2v) is 3.98. The van der Waals surface area contributed by atoms with E-state index >= 15 is 0 Å². The minimum atomic E-state index is -1.10. The lowest BCUT2D eigenvalue weighted by Crippen LogP contribution is -2.68. The van der Waals surface area contributed by atoms with Crippen LogP contribution < -0.4 is 5.73 Å². The first-order valence-corrected chi connectivity index (χ1v) is 5.02. The Balaban J connectivity index is 3.02. The van der Waals surface area contributed by atoms with E-state index in [2.05, 4.69) is 6.58 Å². The van der Waals surface area contributed by atoms with Crippen molar-refractivity contribution in [3.8, 4) is 0 Å². The number of carbonyl (C=O) groups is 2. The standard InChI is InChI=1S/C11H16N2O3/c1-4-5-7-8(12)10(14)13(7)9(6(2)3)11(15)16/h4,7-8H,1,5,12H2,2-3H3,(H,15,16). The maximum Gasteiger partial charge on any atom is 0.352 e. The number of β-lactam (4-membered cyclic amide) rings is 1. The zero-order chi connectivity index (χ0) is 12.5. The van der Waals surface area contributed by atoms with Crippen LogP contribution in [-0.2, 0) is 9.59 Å². The summed E-state index contributed by atoms with van der Waals surface area (Å²) in [4.78, 5) is 23.9. The van der Waals surface area contributed by atoms with E-state index in [1.54, 1.807) is 19.9 Å². The molecule has 1 rings (SSSR count). The number of rotatable bonds is 4. The van der Waals surface area contributed by atoms with Crippen molar-refractivity contribution in [3.05, 3.63) is 23.9 Å². The highest BCUT2D eigenvalue weighted by Gasteiger charge is 2.47. The number of carboxylic acids is 1. The lowest BCUT2D eigenvalue weighted by Gasteiger charge is -2.45. The van der Waals surface area contributed by atoms with E-state index in [0.29, 0.717) is 12.0 Å². The second-order valence-electron chi connectivity index (χ2n) is 3.98. The normalized spacial score (nSPS) is 23.7. The molecule has 1 saturated heterocycles. The van der Waals surface area contributed by atoms with Crippen molar-refractivity contribution in [2.24, 2.45) is 5.73 Å². The van der Waals surface area contributed by atoms with E-state index in [1.165, 1.54) is 4.90 Å². The summed E-state index contributed by atoms with van der Waals surface area (Å²) >= 11 is 0. The van der Waals surface area contributed by atoms with E-state index in [0.717, 1.165) is 0 Å². The van der Waals surface area contributed by atoms with Gasteiger partial charge in [-0.25, -0.2) is 4.79 Å². The quantitative estimate of drug-likeness (QED) is 0.413. The van der Waals surface area contributed by atoms with Gasteiger partial charge < -0.3 is 10.8 Å². The first kappa shape index (κ1) is 12.4. The number of aliphatic carboxylic acids is 1. The Bertz CT molecular complexity index is 369. The Morgan fingerprint density at radius 3 is 2.56 bits per heavy atom. The summed E-state index contributed by atoms with van der Waals surface area (Å²) in [7, 11) is 0. The van der Waals surface area contributed by atoms with Crippen LogP contribution in [0.1, 0.15) is 20.3 Å². The lowest BCUT2D eigenvalue weighted by molar-refractivity contribution is -0.151. The van der Waals surface area contributed by atoms with E-state index in [-0.39, 0.29) is 17.6 Å². The van der Waals surface area contributed by atoms with Crippen molar-refractivity contribution in [1.29, 1.82) is 0 Å². The van der Waals surface area contributed by atoms with Gasteiger partial charge in [0.15, 0.2) is 0 Å². The fraction of sp³-hybridized carbons (Fsp3) is 0.455. The van der Waals surface area contributed by atoms with Gasteiger partial charge in [-0.1, -0.05) is 6.08 Å². The Hall–Kier alpha value is -1.62. The van der Waals surface area contributed by atoms with Crippen molar-refractivity contribution in [2.75, 3.05) is 0 Å². The third kappa shape index (κ3) is 1.86. The van der Waals surface area contributed by atoms with Crippen LogP contribution in [0.15, 0.2) is 23.9 Å². The molecule has 0 radical (unpaired) electrons. The van der Waals surface area contributed by atoms with Crippen molar-refractivity contribution in [2.45, 2.75) is 32.4 Å². The summed E-state index contributed by atoms with van der Waals surface area (Å²) in [6, 6.07) is -0.905. The minimum absolute atomic E-state index is 0.0264. The largest absolute Gasteiger partial charge is 0.477 e. The Labute approximate surface area is 94.2 Å². The van der Waals surface area contributed by atoms with Gasteiger partial charge in [-0.2, -0.15) is 0 Å². The highest BCUT2D eigenvalue weighted by Crippen LogP contribution is 2.28. The van der Waals surface area contributed by atoms with Crippen molar-refractivity contribution >= 4 is 11.9 Å². The maximum atomic E-state index is 11.6. The minimum Gasteiger partial charge on any atom is -0.477 e. The van der Waals surface area contributed by atoms with Gasteiger partial charge in [-0.3, -0.25) is 9.69 Å². The Morgan fingerprint density at radius 2 is 2.19 bits per heavy atom. The van der Waals surface area contributed by atoms with Gasteiger partial charge in [-0.05, 0) is 25.8 Å². The predicted molar refractivity (Wildman–Crippen MR) is 59.4 cm³/mol. The van der Waals surface area contributed by atoms with Gasteiger partial charge in [0.1, 0.15) is 11.7 Å². The molecular weight excluding hydrogens is 208 g/mol. The third-order valence-corrected chi connectivity index (χ3v) is 2.59. The van der Waals surface area contributed by atoms with Crippen molar-refractivity contribution in [3.63, 3.8) is 0 Å². The molecule has 1 aliphatic heterocycles. The van der Waals surface area contributed by atoms with Crippen LogP contribution in [0.3, 0.4) is 0 Å². The smallest absolute Gasteiger partial charge is 0.352 e. The number of allylic oxidation sites excluding steroid dienone is 1. The molecule has 16 heavy (non-hydrogen) atoms. The molecule has 5 nitrogen and oxygen atoms in total. The van der Waals surface area contributed by atoms with Gasteiger partial charge in [0, 0.05) is 0 Å². The molecule has 1 fully saturated rings. The molecule has 88 valence electrons. The molecule has 1 aliphatic rings. The third-order valence-electron chi connectivity index (χ3n) is 2.59. The van der Waals surface area contributed by atoms with E-state index < -0.39 is 12.0 Å². The van der Waals surface area contributed by atoms with Crippen LogP contribution in [0.2, 0.25) is 0 Å². The fourth-order valence-electron chi connectivity index (χ4n) is 1.82. The summed E-state index contributed by atoms with van der Waals surface area (Å²) in [5.74, 6) is -1.44. The maximum absolute atomic E-state index is 11.6. The number of hydrogen-bond donors (Lipinski definition) is 2. The molecule has 0 saturated carbocycles. The topological polar surface area (TPSA) is 83.6 Å². The average Bonchev–Trinajstić information content (AvgIpc) is 2.21. The zero-order valence-corrected chi connectivity index (χ0v) is 9.43. The second kappa shape index (κ2) is 4.49. The molecule has 0 bridgehead atoms. The van der Waals surface area contributed by atoms with Crippen LogP contribution >= 0.6 is 0 Å².